The van der Waals surface area contributed by atoms with Crippen LogP contribution in [0.1, 0.15) is 25.7 Å². The lowest BCUT2D eigenvalue weighted by Gasteiger charge is -2.29. The van der Waals surface area contributed by atoms with Crippen LogP contribution in [0.5, 0.6) is 0 Å². The van der Waals surface area contributed by atoms with Gasteiger partial charge in [0, 0.05) is 19.6 Å². The van der Waals surface area contributed by atoms with Gasteiger partial charge in [0.15, 0.2) is 0 Å². The molecule has 0 bridgehead atoms. The molecule has 3 N–H and O–H groups in total. The number of carboxylic acids is 1. The largest absolute Gasteiger partial charge is 0.481 e. The summed E-state index contributed by atoms with van der Waals surface area (Å²) in [6, 6.07) is -0.249. The van der Waals surface area contributed by atoms with Crippen LogP contribution in [-0.4, -0.2) is 55.2 Å². The molecular weight excluding hydrogens is 246 g/mol. The third-order valence-electron chi connectivity index (χ3n) is 4.17. The monoisotopic (exact) mass is 269 g/mol. The Kier molecular flexibility index (Phi) is 4.29. The molecule has 1 unspecified atom stereocenters. The van der Waals surface area contributed by atoms with Crippen molar-refractivity contribution in [2.24, 2.45) is 11.3 Å². The van der Waals surface area contributed by atoms with Crippen molar-refractivity contribution in [3.63, 3.8) is 0 Å². The summed E-state index contributed by atoms with van der Waals surface area (Å²) < 4.78 is 0. The van der Waals surface area contributed by atoms with Crippen LogP contribution in [0.15, 0.2) is 0 Å². The van der Waals surface area contributed by atoms with Crippen LogP contribution >= 0.6 is 0 Å². The number of carbonyl (C=O) groups is 2. The van der Waals surface area contributed by atoms with Crippen molar-refractivity contribution in [3.05, 3.63) is 0 Å². The minimum atomic E-state index is -0.804. The molecule has 2 amide bonds. The maximum atomic E-state index is 11.6. The highest BCUT2D eigenvalue weighted by Crippen LogP contribution is 2.45. The summed E-state index contributed by atoms with van der Waals surface area (Å²) in [4.78, 5) is 24.9. The first-order valence-corrected chi connectivity index (χ1v) is 6.95. The molecule has 108 valence electrons. The average molecular weight is 269 g/mol. The van der Waals surface area contributed by atoms with Crippen LogP contribution in [-0.2, 0) is 4.79 Å². The first-order valence-electron chi connectivity index (χ1n) is 6.95. The van der Waals surface area contributed by atoms with Crippen molar-refractivity contribution in [3.8, 4) is 0 Å². The molecule has 1 aliphatic heterocycles. The molecule has 2 rings (SSSR count). The van der Waals surface area contributed by atoms with Crippen molar-refractivity contribution in [1.82, 2.24) is 15.5 Å². The van der Waals surface area contributed by atoms with Gasteiger partial charge < -0.3 is 20.6 Å². The van der Waals surface area contributed by atoms with E-state index >= 15 is 0 Å². The zero-order valence-corrected chi connectivity index (χ0v) is 11.4. The van der Waals surface area contributed by atoms with Crippen LogP contribution < -0.4 is 10.6 Å². The summed E-state index contributed by atoms with van der Waals surface area (Å²) in [7, 11) is 2.09. The highest BCUT2D eigenvalue weighted by Gasteiger charge is 2.50. The Morgan fingerprint density at radius 1 is 1.37 bits per heavy atom. The van der Waals surface area contributed by atoms with E-state index in [9.17, 15) is 9.59 Å². The molecule has 6 nitrogen and oxygen atoms in total. The smallest absolute Gasteiger partial charge is 0.314 e. The lowest BCUT2D eigenvalue weighted by Crippen LogP contribution is -2.44. The minimum absolute atomic E-state index is 0.235. The number of hydrogen-bond donors (Lipinski definition) is 3. The standard InChI is InChI=1S/C13H23N3O3/c1-16-6-2-3-10(8-16)7-14-12(19)15-9-13(4-5-13)11(17)18/h10H,2-9H2,1H3,(H,17,18)(H2,14,15,19). The molecule has 1 saturated heterocycles. The number of amides is 2. The first-order chi connectivity index (χ1) is 9.02. The van der Waals surface area contributed by atoms with Crippen molar-refractivity contribution in [2.75, 3.05) is 33.2 Å². The van der Waals surface area contributed by atoms with E-state index < -0.39 is 11.4 Å². The second-order valence-corrected chi connectivity index (χ2v) is 5.92. The van der Waals surface area contributed by atoms with Gasteiger partial charge in [-0.25, -0.2) is 4.79 Å². The molecule has 0 aromatic heterocycles. The zero-order valence-electron chi connectivity index (χ0n) is 11.4. The number of likely N-dealkylation sites (tertiary alicyclic amines) is 1. The van der Waals surface area contributed by atoms with Gasteiger partial charge in [0.1, 0.15) is 0 Å². The maximum absolute atomic E-state index is 11.6. The number of nitrogens with one attached hydrogen (secondary N) is 2. The first kappa shape index (κ1) is 14.1. The van der Waals surface area contributed by atoms with Crippen LogP contribution in [0.4, 0.5) is 4.79 Å². The Morgan fingerprint density at radius 3 is 2.68 bits per heavy atom. The van der Waals surface area contributed by atoms with Gasteiger partial charge in [0.25, 0.3) is 0 Å². The van der Waals surface area contributed by atoms with E-state index in [0.717, 1.165) is 19.5 Å². The lowest BCUT2D eigenvalue weighted by atomic mass is 9.99. The fraction of sp³-hybridized carbons (Fsp3) is 0.846. The summed E-state index contributed by atoms with van der Waals surface area (Å²) >= 11 is 0. The fourth-order valence-electron chi connectivity index (χ4n) is 2.61. The fourth-order valence-corrected chi connectivity index (χ4v) is 2.61. The molecule has 0 spiro atoms. The molecule has 6 heteroatoms. The third kappa shape index (κ3) is 3.83. The molecule has 2 fully saturated rings. The summed E-state index contributed by atoms with van der Waals surface area (Å²) in [5, 5.41) is 14.5. The summed E-state index contributed by atoms with van der Waals surface area (Å²) in [5.41, 5.74) is -0.692. The maximum Gasteiger partial charge on any atom is 0.314 e. The van der Waals surface area contributed by atoms with Gasteiger partial charge in [0.2, 0.25) is 0 Å². The van der Waals surface area contributed by atoms with Gasteiger partial charge in [0.05, 0.1) is 5.41 Å². The molecular formula is C13H23N3O3. The molecule has 19 heavy (non-hydrogen) atoms. The highest BCUT2D eigenvalue weighted by molar-refractivity contribution is 5.80. The van der Waals surface area contributed by atoms with Gasteiger partial charge in [-0.15, -0.1) is 0 Å². The van der Waals surface area contributed by atoms with E-state index in [1.54, 1.807) is 0 Å². The Balaban J connectivity index is 1.63. The van der Waals surface area contributed by atoms with Crippen molar-refractivity contribution in [2.45, 2.75) is 25.7 Å². The molecule has 0 aromatic carbocycles. The second kappa shape index (κ2) is 5.77. The van der Waals surface area contributed by atoms with Gasteiger partial charge in [-0.3, -0.25) is 4.79 Å². The molecule has 2 aliphatic rings. The number of rotatable bonds is 5. The topological polar surface area (TPSA) is 81.7 Å². The van der Waals surface area contributed by atoms with Crippen LogP contribution in [0, 0.1) is 11.3 Å². The number of aliphatic carboxylic acids is 1. The number of urea groups is 1. The summed E-state index contributed by atoms with van der Waals surface area (Å²) in [6.07, 6.45) is 3.64. The SMILES string of the molecule is CN1CCCC(CNC(=O)NCC2(C(=O)O)CC2)C1. The molecule has 0 radical (unpaired) electrons. The quantitative estimate of drug-likeness (QED) is 0.678. The summed E-state index contributed by atoms with van der Waals surface area (Å²) in [6.45, 7) is 3.04. The Bertz CT molecular complexity index is 355. The van der Waals surface area contributed by atoms with E-state index in [2.05, 4.69) is 22.6 Å². The second-order valence-electron chi connectivity index (χ2n) is 5.92. The van der Waals surface area contributed by atoms with Gasteiger partial charge in [-0.2, -0.15) is 0 Å². The Morgan fingerprint density at radius 2 is 2.11 bits per heavy atom. The van der Waals surface area contributed by atoms with E-state index in [-0.39, 0.29) is 12.6 Å². The van der Waals surface area contributed by atoms with Crippen LogP contribution in [0.3, 0.4) is 0 Å². The highest BCUT2D eigenvalue weighted by atomic mass is 16.4. The third-order valence-corrected chi connectivity index (χ3v) is 4.17. The van der Waals surface area contributed by atoms with E-state index in [0.29, 0.717) is 25.3 Å². The summed E-state index contributed by atoms with van der Waals surface area (Å²) in [5.74, 6) is -0.305. The zero-order chi connectivity index (χ0) is 13.9. The molecule has 1 saturated carbocycles. The Labute approximate surface area is 113 Å². The molecule has 1 heterocycles. The number of hydrogen-bond acceptors (Lipinski definition) is 3. The van der Waals surface area contributed by atoms with Gasteiger partial charge in [-0.05, 0) is 45.2 Å². The lowest BCUT2D eigenvalue weighted by molar-refractivity contribution is -0.143. The number of nitrogens with zero attached hydrogens (tertiary/aromatic N) is 1. The predicted octanol–water partition coefficient (Wildman–Crippen LogP) is 0.492. The Hall–Kier alpha value is -1.30. The van der Waals surface area contributed by atoms with E-state index in [1.807, 2.05) is 0 Å². The number of carbonyl (C=O) groups excluding carboxylic acids is 1. The minimum Gasteiger partial charge on any atom is -0.481 e. The van der Waals surface area contributed by atoms with Crippen LogP contribution in [0.25, 0.3) is 0 Å². The van der Waals surface area contributed by atoms with Crippen LogP contribution in [0.2, 0.25) is 0 Å². The normalized spacial score (nSPS) is 25.6. The molecule has 1 aliphatic carbocycles. The van der Waals surface area contributed by atoms with Crippen molar-refractivity contribution < 1.29 is 14.7 Å². The van der Waals surface area contributed by atoms with E-state index in [4.69, 9.17) is 5.11 Å². The van der Waals surface area contributed by atoms with Gasteiger partial charge >= 0.3 is 12.0 Å². The average Bonchev–Trinajstić information content (AvgIpc) is 3.15. The predicted molar refractivity (Wildman–Crippen MR) is 70.9 cm³/mol. The van der Waals surface area contributed by atoms with E-state index in [1.165, 1.54) is 6.42 Å². The molecule has 1 atom stereocenters. The van der Waals surface area contributed by atoms with Crippen molar-refractivity contribution in [1.29, 1.82) is 0 Å². The molecule has 0 aromatic rings. The number of carboxylic acid groups (broad SMARTS) is 1. The van der Waals surface area contributed by atoms with Gasteiger partial charge in [-0.1, -0.05) is 0 Å². The van der Waals surface area contributed by atoms with Crippen molar-refractivity contribution >= 4 is 12.0 Å². The number of piperidine rings is 1.